The number of nitrogens with zero attached hydrogens (tertiary/aromatic N) is 1. The number of carbonyl (C=O) groups is 2. The molecule has 1 aromatic carbocycles. The van der Waals surface area contributed by atoms with E-state index in [0.29, 0.717) is 13.0 Å². The summed E-state index contributed by atoms with van der Waals surface area (Å²) in [4.78, 5) is 25.9. The van der Waals surface area contributed by atoms with Crippen LogP contribution in [0.5, 0.6) is 5.75 Å². The quantitative estimate of drug-likeness (QED) is 0.839. The molecule has 0 aliphatic carbocycles. The van der Waals surface area contributed by atoms with Crippen LogP contribution in [0.2, 0.25) is 0 Å². The van der Waals surface area contributed by atoms with E-state index in [-0.39, 0.29) is 23.3 Å². The Balaban J connectivity index is 2.10. The fourth-order valence-corrected chi connectivity index (χ4v) is 2.46. The van der Waals surface area contributed by atoms with Gasteiger partial charge in [0.15, 0.2) is 0 Å². The predicted molar refractivity (Wildman–Crippen MR) is 76.3 cm³/mol. The number of halogens is 1. The number of phenolic OH excluding ortho intramolecular Hbond substituents is 1. The third kappa shape index (κ3) is 3.32. The molecule has 0 aromatic heterocycles. The molecule has 1 aliphatic heterocycles. The lowest BCUT2D eigenvalue weighted by Gasteiger charge is -2.25. The first-order chi connectivity index (χ1) is 9.90. The smallest absolute Gasteiger partial charge is 0.247 e. The molecule has 2 amide bonds. The topological polar surface area (TPSA) is 69.6 Å². The lowest BCUT2D eigenvalue weighted by Crippen LogP contribution is -2.44. The molecule has 5 nitrogen and oxygen atoms in total. The van der Waals surface area contributed by atoms with Crippen molar-refractivity contribution >= 4 is 17.5 Å². The van der Waals surface area contributed by atoms with Crippen molar-refractivity contribution in [2.75, 3.05) is 11.9 Å². The lowest BCUT2D eigenvalue weighted by atomic mass is 10.1. The van der Waals surface area contributed by atoms with Crippen LogP contribution in [0.1, 0.15) is 26.7 Å². The van der Waals surface area contributed by atoms with E-state index >= 15 is 0 Å². The summed E-state index contributed by atoms with van der Waals surface area (Å²) in [7, 11) is 0. The summed E-state index contributed by atoms with van der Waals surface area (Å²) >= 11 is 0. The summed E-state index contributed by atoms with van der Waals surface area (Å²) in [6.45, 7) is 4.12. The molecule has 114 valence electrons. The first-order valence-electron chi connectivity index (χ1n) is 7.00. The standard InChI is InChI=1S/C15H19FN2O3/c1-9(2)15(21)18-7-3-4-13(18)14(20)17-12-6-5-10(19)8-11(12)16/h5-6,8-9,13,19H,3-4,7H2,1-2H3,(H,17,20)/t13-/m0/s1. The summed E-state index contributed by atoms with van der Waals surface area (Å²) < 4.78 is 13.6. The maximum atomic E-state index is 13.6. The zero-order chi connectivity index (χ0) is 15.6. The van der Waals surface area contributed by atoms with Crippen LogP contribution in [0.25, 0.3) is 0 Å². The Hall–Kier alpha value is -2.11. The highest BCUT2D eigenvalue weighted by molar-refractivity contribution is 5.97. The van der Waals surface area contributed by atoms with Crippen molar-refractivity contribution in [2.45, 2.75) is 32.7 Å². The molecule has 6 heteroatoms. The van der Waals surface area contributed by atoms with Gasteiger partial charge in [-0.05, 0) is 25.0 Å². The van der Waals surface area contributed by atoms with Crippen LogP contribution >= 0.6 is 0 Å². The highest BCUT2D eigenvalue weighted by atomic mass is 19.1. The van der Waals surface area contributed by atoms with Gasteiger partial charge in [0, 0.05) is 18.5 Å². The van der Waals surface area contributed by atoms with E-state index in [1.165, 1.54) is 12.1 Å². The van der Waals surface area contributed by atoms with E-state index in [2.05, 4.69) is 5.32 Å². The minimum absolute atomic E-state index is 0.00152. The molecule has 1 saturated heterocycles. The van der Waals surface area contributed by atoms with Gasteiger partial charge in [0.1, 0.15) is 17.6 Å². The number of anilines is 1. The highest BCUT2D eigenvalue weighted by Gasteiger charge is 2.35. The SMILES string of the molecule is CC(C)C(=O)N1CCC[C@H]1C(=O)Nc1ccc(O)cc1F. The van der Waals surface area contributed by atoms with Gasteiger partial charge in [0.25, 0.3) is 0 Å². The monoisotopic (exact) mass is 294 g/mol. The maximum Gasteiger partial charge on any atom is 0.247 e. The number of hydrogen-bond donors (Lipinski definition) is 2. The average molecular weight is 294 g/mol. The molecule has 21 heavy (non-hydrogen) atoms. The Morgan fingerprint density at radius 3 is 2.76 bits per heavy atom. The van der Waals surface area contributed by atoms with E-state index in [1.807, 2.05) is 0 Å². The van der Waals surface area contributed by atoms with Crippen LogP contribution in [0.4, 0.5) is 10.1 Å². The molecule has 0 bridgehead atoms. The fourth-order valence-electron chi connectivity index (χ4n) is 2.46. The number of amides is 2. The van der Waals surface area contributed by atoms with E-state index in [0.717, 1.165) is 12.5 Å². The van der Waals surface area contributed by atoms with Crippen LogP contribution in [0, 0.1) is 11.7 Å². The zero-order valence-corrected chi connectivity index (χ0v) is 12.1. The maximum absolute atomic E-state index is 13.6. The summed E-state index contributed by atoms with van der Waals surface area (Å²) in [6.07, 6.45) is 1.33. The normalized spacial score (nSPS) is 18.1. The largest absolute Gasteiger partial charge is 0.508 e. The number of likely N-dealkylation sites (tertiary alicyclic amines) is 1. The molecule has 0 saturated carbocycles. The van der Waals surface area contributed by atoms with E-state index < -0.39 is 17.8 Å². The van der Waals surface area contributed by atoms with Crippen LogP contribution in [-0.4, -0.2) is 34.4 Å². The molecular formula is C15H19FN2O3. The van der Waals surface area contributed by atoms with Gasteiger partial charge in [-0.2, -0.15) is 0 Å². The van der Waals surface area contributed by atoms with Gasteiger partial charge in [-0.25, -0.2) is 4.39 Å². The minimum Gasteiger partial charge on any atom is -0.508 e. The highest BCUT2D eigenvalue weighted by Crippen LogP contribution is 2.23. The zero-order valence-electron chi connectivity index (χ0n) is 12.1. The summed E-state index contributed by atoms with van der Waals surface area (Å²) in [5, 5.41) is 11.6. The van der Waals surface area contributed by atoms with Crippen molar-refractivity contribution < 1.29 is 19.1 Å². The van der Waals surface area contributed by atoms with Crippen molar-refractivity contribution in [1.82, 2.24) is 4.90 Å². The van der Waals surface area contributed by atoms with Gasteiger partial charge in [-0.3, -0.25) is 9.59 Å². The Morgan fingerprint density at radius 1 is 1.43 bits per heavy atom. The number of aromatic hydroxyl groups is 1. The van der Waals surface area contributed by atoms with Gasteiger partial charge in [-0.1, -0.05) is 13.8 Å². The number of hydrogen-bond acceptors (Lipinski definition) is 3. The third-order valence-electron chi connectivity index (χ3n) is 3.54. The minimum atomic E-state index is -0.705. The van der Waals surface area contributed by atoms with E-state index in [9.17, 15) is 14.0 Å². The van der Waals surface area contributed by atoms with Gasteiger partial charge in [0.05, 0.1) is 5.69 Å². The molecule has 1 atom stereocenters. The second-order valence-corrected chi connectivity index (χ2v) is 5.50. The number of carbonyl (C=O) groups excluding carboxylic acids is 2. The Kier molecular flexibility index (Phi) is 4.45. The van der Waals surface area contributed by atoms with Crippen molar-refractivity contribution in [1.29, 1.82) is 0 Å². The van der Waals surface area contributed by atoms with Crippen molar-refractivity contribution in [3.05, 3.63) is 24.0 Å². The van der Waals surface area contributed by atoms with Crippen molar-refractivity contribution in [2.24, 2.45) is 5.92 Å². The van der Waals surface area contributed by atoms with Crippen LogP contribution in [0.15, 0.2) is 18.2 Å². The van der Waals surface area contributed by atoms with E-state index in [1.54, 1.807) is 18.7 Å². The Morgan fingerprint density at radius 2 is 2.14 bits per heavy atom. The number of benzene rings is 1. The number of rotatable bonds is 3. The molecule has 0 unspecified atom stereocenters. The molecule has 2 rings (SSSR count). The Bertz CT molecular complexity index is 560. The molecule has 1 aromatic rings. The van der Waals surface area contributed by atoms with Gasteiger partial charge < -0.3 is 15.3 Å². The van der Waals surface area contributed by atoms with Crippen LogP contribution < -0.4 is 5.32 Å². The van der Waals surface area contributed by atoms with Crippen molar-refractivity contribution in [3.63, 3.8) is 0 Å². The summed E-state index contributed by atoms with van der Waals surface area (Å²) in [6, 6.07) is 2.96. The van der Waals surface area contributed by atoms with Crippen LogP contribution in [-0.2, 0) is 9.59 Å². The summed E-state index contributed by atoms with van der Waals surface area (Å²) in [5.41, 5.74) is 0.00152. The van der Waals surface area contributed by atoms with Gasteiger partial charge >= 0.3 is 0 Å². The molecule has 0 spiro atoms. The molecule has 1 aliphatic rings. The van der Waals surface area contributed by atoms with Gasteiger partial charge in [-0.15, -0.1) is 0 Å². The van der Waals surface area contributed by atoms with Crippen LogP contribution in [0.3, 0.4) is 0 Å². The van der Waals surface area contributed by atoms with Crippen molar-refractivity contribution in [3.8, 4) is 5.75 Å². The molecule has 1 fully saturated rings. The second kappa shape index (κ2) is 6.11. The molecule has 1 heterocycles. The predicted octanol–water partition coefficient (Wildman–Crippen LogP) is 2.12. The van der Waals surface area contributed by atoms with E-state index in [4.69, 9.17) is 5.11 Å². The molecular weight excluding hydrogens is 275 g/mol. The fraction of sp³-hybridized carbons (Fsp3) is 0.467. The Labute approximate surface area is 122 Å². The number of nitrogens with one attached hydrogen (secondary N) is 1. The first-order valence-corrected chi connectivity index (χ1v) is 7.00. The summed E-state index contributed by atoms with van der Waals surface area (Å²) in [5.74, 6) is -1.56. The molecule has 0 radical (unpaired) electrons. The van der Waals surface area contributed by atoms with Gasteiger partial charge in [0.2, 0.25) is 11.8 Å². The molecule has 2 N–H and O–H groups in total. The average Bonchev–Trinajstić information content (AvgIpc) is 2.90. The third-order valence-corrected chi connectivity index (χ3v) is 3.54. The number of phenols is 1. The second-order valence-electron chi connectivity index (χ2n) is 5.50. The first kappa shape index (κ1) is 15.3. The lowest BCUT2D eigenvalue weighted by molar-refractivity contribution is -0.139.